The lowest BCUT2D eigenvalue weighted by Gasteiger charge is -2.41. The molecule has 3 aliphatic rings. The van der Waals surface area contributed by atoms with Crippen LogP contribution in [0.1, 0.15) is 67.8 Å². The summed E-state index contributed by atoms with van der Waals surface area (Å²) in [6.07, 6.45) is 6.37. The maximum absolute atomic E-state index is 14.2. The minimum atomic E-state index is -2.04. The molecule has 4 heterocycles. The van der Waals surface area contributed by atoms with E-state index in [1.54, 1.807) is 6.92 Å². The van der Waals surface area contributed by atoms with E-state index < -0.39 is 19.6 Å². The van der Waals surface area contributed by atoms with Crippen molar-refractivity contribution in [2.45, 2.75) is 82.0 Å². The summed E-state index contributed by atoms with van der Waals surface area (Å²) in [6.45, 7) is 6.49. The molecule has 2 atom stereocenters. The van der Waals surface area contributed by atoms with Gasteiger partial charge in [-0.3, -0.25) is 4.79 Å². The molecular weight excluding hydrogens is 456 g/mol. The molecule has 2 aromatic heterocycles. The van der Waals surface area contributed by atoms with Gasteiger partial charge in [0.25, 0.3) is 5.56 Å². The number of para-hydroxylation sites is 1. The molecule has 182 valence electrons. The van der Waals surface area contributed by atoms with Crippen LogP contribution in [-0.2, 0) is 21.7 Å². The lowest BCUT2D eigenvalue weighted by atomic mass is 9.86. The predicted octanol–water partition coefficient (Wildman–Crippen LogP) is 5.20. The monoisotopic (exact) mass is 488 g/mol. The fourth-order valence-corrected chi connectivity index (χ4v) is 11.1. The Hall–Kier alpha value is -2.77. The van der Waals surface area contributed by atoms with Crippen LogP contribution in [0.3, 0.4) is 0 Å². The lowest BCUT2D eigenvalue weighted by Crippen LogP contribution is -2.49. The van der Waals surface area contributed by atoms with E-state index in [9.17, 15) is 14.7 Å². The van der Waals surface area contributed by atoms with Crippen LogP contribution in [0.2, 0.25) is 18.6 Å². The largest absolute Gasteiger partial charge is 0.458 e. The zero-order valence-corrected chi connectivity index (χ0v) is 21.6. The van der Waals surface area contributed by atoms with Crippen molar-refractivity contribution in [3.05, 3.63) is 63.4 Å². The van der Waals surface area contributed by atoms with E-state index in [4.69, 9.17) is 9.72 Å². The number of fused-ring (bicyclic) bond motifs is 5. The first-order chi connectivity index (χ1) is 16.8. The first-order valence-electron chi connectivity index (χ1n) is 12.9. The maximum Gasteiger partial charge on any atom is 0.343 e. The van der Waals surface area contributed by atoms with Crippen LogP contribution in [-0.4, -0.2) is 28.7 Å². The highest BCUT2D eigenvalue weighted by Crippen LogP contribution is 2.51. The molecule has 35 heavy (non-hydrogen) atoms. The minimum absolute atomic E-state index is 0.0437. The second-order valence-electron chi connectivity index (χ2n) is 11.1. The van der Waals surface area contributed by atoms with E-state index in [2.05, 4.69) is 25.2 Å². The second-order valence-corrected chi connectivity index (χ2v) is 16.1. The smallest absolute Gasteiger partial charge is 0.343 e. The van der Waals surface area contributed by atoms with E-state index in [0.29, 0.717) is 16.7 Å². The van der Waals surface area contributed by atoms with Gasteiger partial charge in [0.15, 0.2) is 5.60 Å². The van der Waals surface area contributed by atoms with Crippen molar-refractivity contribution in [2.75, 3.05) is 0 Å². The number of rotatable bonds is 3. The summed E-state index contributed by atoms with van der Waals surface area (Å²) in [5, 5.41) is 12.3. The molecule has 0 spiro atoms. The first-order valence-corrected chi connectivity index (χ1v) is 16.0. The Kier molecular flexibility index (Phi) is 5.10. The van der Waals surface area contributed by atoms with Crippen molar-refractivity contribution in [3.8, 4) is 11.4 Å². The summed E-state index contributed by atoms with van der Waals surface area (Å²) in [7, 11) is -2.04. The molecule has 1 saturated carbocycles. The van der Waals surface area contributed by atoms with Gasteiger partial charge in [-0.1, -0.05) is 70.3 Å². The molecule has 3 aromatic rings. The van der Waals surface area contributed by atoms with E-state index in [1.807, 2.05) is 28.8 Å². The maximum atomic E-state index is 14.2. The standard InChI is InChI=1S/C28H32N2O4Si/c1-4-28(33)21-15-23-24-19(14-17-10-8-9-13-22(17)29-24)26(35(2,3)18-11-6-5-7-12-18)30(23)25(31)20(21)16-34-27(28)32/h8-10,13-15,18,26,33H,4-7,11-12,16H2,1-3H3/t26?,28-/m0/s1. The predicted molar refractivity (Wildman–Crippen MR) is 138 cm³/mol. The number of hydrogen-bond acceptors (Lipinski definition) is 5. The van der Waals surface area contributed by atoms with Crippen molar-refractivity contribution in [1.82, 2.24) is 9.55 Å². The molecule has 2 aliphatic heterocycles. The fraction of sp³-hybridized carbons (Fsp3) is 0.464. The van der Waals surface area contributed by atoms with Crippen LogP contribution in [0, 0.1) is 0 Å². The molecule has 0 amide bonds. The molecule has 0 radical (unpaired) electrons. The third-order valence-corrected chi connectivity index (χ3v) is 13.6. The Morgan fingerprint density at radius 3 is 2.63 bits per heavy atom. The molecule has 1 fully saturated rings. The highest BCUT2D eigenvalue weighted by molar-refractivity contribution is 6.80. The molecule has 1 N–H and O–H groups in total. The number of esters is 1. The lowest BCUT2D eigenvalue weighted by molar-refractivity contribution is -0.172. The Morgan fingerprint density at radius 2 is 1.89 bits per heavy atom. The van der Waals surface area contributed by atoms with Crippen molar-refractivity contribution in [3.63, 3.8) is 0 Å². The molecule has 7 heteroatoms. The average Bonchev–Trinajstić information content (AvgIpc) is 3.20. The summed E-state index contributed by atoms with van der Waals surface area (Å²) < 4.78 is 7.27. The van der Waals surface area contributed by atoms with Crippen LogP contribution < -0.4 is 5.56 Å². The van der Waals surface area contributed by atoms with Crippen molar-refractivity contribution < 1.29 is 14.6 Å². The fourth-order valence-electron chi connectivity index (χ4n) is 6.80. The summed E-state index contributed by atoms with van der Waals surface area (Å²) >= 11 is 0. The normalized spacial score (nSPS) is 24.1. The van der Waals surface area contributed by atoms with Crippen molar-refractivity contribution in [2.24, 2.45) is 0 Å². The quantitative estimate of drug-likeness (QED) is 0.405. The Morgan fingerprint density at radius 1 is 1.14 bits per heavy atom. The average molecular weight is 489 g/mol. The van der Waals surface area contributed by atoms with E-state index in [1.165, 1.54) is 32.1 Å². The van der Waals surface area contributed by atoms with Gasteiger partial charge < -0.3 is 14.4 Å². The Bertz CT molecular complexity index is 1420. The SMILES string of the molecule is CC[C@@]1(O)C(=O)OCc2c1cc1n(c2=O)C([Si](C)(C)C2CCCCC2)c2cc3ccccc3nc2-1. The van der Waals surface area contributed by atoms with Crippen LogP contribution in [0.15, 0.2) is 41.2 Å². The molecule has 1 aliphatic carbocycles. The van der Waals surface area contributed by atoms with E-state index in [-0.39, 0.29) is 24.3 Å². The number of hydrogen-bond donors (Lipinski definition) is 1. The van der Waals surface area contributed by atoms with Gasteiger partial charge in [-0.05, 0) is 30.2 Å². The third kappa shape index (κ3) is 3.14. The van der Waals surface area contributed by atoms with Crippen LogP contribution in [0.4, 0.5) is 0 Å². The van der Waals surface area contributed by atoms with Gasteiger partial charge in [0.1, 0.15) is 6.61 Å². The number of carbonyl (C=O) groups is 1. The molecule has 6 rings (SSSR count). The molecule has 1 aromatic carbocycles. The van der Waals surface area contributed by atoms with E-state index in [0.717, 1.165) is 27.9 Å². The second kappa shape index (κ2) is 7.87. The van der Waals surface area contributed by atoms with Crippen molar-refractivity contribution in [1.29, 1.82) is 0 Å². The van der Waals surface area contributed by atoms with Gasteiger partial charge in [-0.2, -0.15) is 0 Å². The van der Waals surface area contributed by atoms with Crippen molar-refractivity contribution >= 4 is 24.9 Å². The molecule has 0 bridgehead atoms. The van der Waals surface area contributed by atoms with Gasteiger partial charge in [-0.15, -0.1) is 0 Å². The van der Waals surface area contributed by atoms with Gasteiger partial charge in [-0.25, -0.2) is 9.78 Å². The highest BCUT2D eigenvalue weighted by atomic mass is 28.3. The zero-order chi connectivity index (χ0) is 24.5. The number of nitrogens with zero attached hydrogens (tertiary/aromatic N) is 2. The molecular formula is C28H32N2O4Si. The summed E-state index contributed by atoms with van der Waals surface area (Å²) in [5.74, 6) is -0.685. The van der Waals surface area contributed by atoms with E-state index >= 15 is 0 Å². The molecule has 0 saturated heterocycles. The summed E-state index contributed by atoms with van der Waals surface area (Å²) in [5.41, 5.74) is 2.91. The summed E-state index contributed by atoms with van der Waals surface area (Å²) in [6, 6.07) is 12.1. The number of benzene rings is 1. The van der Waals surface area contributed by atoms with Gasteiger partial charge in [0.05, 0.1) is 36.2 Å². The number of ether oxygens (including phenoxy) is 1. The number of aromatic nitrogens is 2. The zero-order valence-electron chi connectivity index (χ0n) is 20.6. The number of aliphatic hydroxyl groups is 1. The van der Waals surface area contributed by atoms with Crippen LogP contribution >= 0.6 is 0 Å². The topological polar surface area (TPSA) is 81.4 Å². The van der Waals surface area contributed by atoms with Gasteiger partial charge >= 0.3 is 5.97 Å². The highest BCUT2D eigenvalue weighted by Gasteiger charge is 2.50. The van der Waals surface area contributed by atoms with Gasteiger partial charge in [0, 0.05) is 16.5 Å². The minimum Gasteiger partial charge on any atom is -0.458 e. The Labute approximate surface area is 206 Å². The number of carbonyl (C=O) groups excluding carboxylic acids is 1. The molecule has 6 nitrogen and oxygen atoms in total. The Balaban J connectivity index is 1.66. The number of cyclic esters (lactones) is 1. The molecule has 1 unspecified atom stereocenters. The third-order valence-electron chi connectivity index (χ3n) is 8.90. The first kappa shape index (κ1) is 22.7. The summed E-state index contributed by atoms with van der Waals surface area (Å²) in [4.78, 5) is 31.8. The van der Waals surface area contributed by atoms with Crippen LogP contribution in [0.5, 0.6) is 0 Å². The van der Waals surface area contributed by atoms with Crippen LogP contribution in [0.25, 0.3) is 22.3 Å². The van der Waals surface area contributed by atoms with Gasteiger partial charge in [0.2, 0.25) is 0 Å². The number of pyridine rings is 2.